The Labute approximate surface area is 196 Å². The normalized spacial score (nSPS) is 17.4. The fourth-order valence-electron chi connectivity index (χ4n) is 4.29. The van der Waals surface area contributed by atoms with Crippen LogP contribution < -0.4 is 14.5 Å². The zero-order chi connectivity index (χ0) is 24.0. The molecule has 5 rings (SSSR count). The van der Waals surface area contributed by atoms with E-state index in [1.165, 1.54) is 12.1 Å². The first-order chi connectivity index (χ1) is 16.3. The molecular weight excluding hydrogens is 432 g/mol. The number of rotatable bonds is 4. The summed E-state index contributed by atoms with van der Waals surface area (Å²) in [5.74, 6) is -1.69. The molecule has 2 heterocycles. The van der Waals surface area contributed by atoms with E-state index in [2.05, 4.69) is 0 Å². The highest BCUT2D eigenvalue weighted by atomic mass is 16.5. The van der Waals surface area contributed by atoms with Crippen LogP contribution in [0, 0.1) is 19.8 Å². The third kappa shape index (κ3) is 3.65. The van der Waals surface area contributed by atoms with Gasteiger partial charge in [-0.05, 0) is 73.5 Å². The molecule has 1 saturated heterocycles. The summed E-state index contributed by atoms with van der Waals surface area (Å²) in [4.78, 5) is 53.3. The number of hydrogen-bond donors (Lipinski definition) is 0. The molecule has 1 fully saturated rings. The Morgan fingerprint density at radius 3 is 2.06 bits per heavy atom. The zero-order valence-corrected chi connectivity index (χ0v) is 18.8. The number of carbonyl (C=O) groups excluding carboxylic acids is 4. The van der Waals surface area contributed by atoms with Crippen molar-refractivity contribution in [3.63, 3.8) is 0 Å². The summed E-state index contributed by atoms with van der Waals surface area (Å²) in [6.07, 6.45) is 0.0822. The number of fused-ring (bicyclic) bond motifs is 1. The van der Waals surface area contributed by atoms with Crippen molar-refractivity contribution in [1.82, 2.24) is 0 Å². The van der Waals surface area contributed by atoms with Gasteiger partial charge in [0.2, 0.25) is 5.91 Å². The van der Waals surface area contributed by atoms with E-state index in [4.69, 9.17) is 4.74 Å². The monoisotopic (exact) mass is 454 g/mol. The van der Waals surface area contributed by atoms with Gasteiger partial charge in [0.15, 0.2) is 0 Å². The van der Waals surface area contributed by atoms with E-state index in [1.807, 2.05) is 32.0 Å². The van der Waals surface area contributed by atoms with Gasteiger partial charge >= 0.3 is 5.97 Å². The van der Waals surface area contributed by atoms with Crippen LogP contribution in [0.15, 0.2) is 66.7 Å². The number of anilines is 2. The molecule has 0 unspecified atom stereocenters. The van der Waals surface area contributed by atoms with Gasteiger partial charge in [0.05, 0.1) is 22.7 Å². The Balaban J connectivity index is 1.26. The minimum atomic E-state index is -0.579. The number of hydrogen-bond acceptors (Lipinski definition) is 5. The second kappa shape index (κ2) is 8.26. The molecule has 0 aliphatic carbocycles. The molecule has 0 aromatic heterocycles. The molecule has 0 bridgehead atoms. The van der Waals surface area contributed by atoms with Gasteiger partial charge in [0.25, 0.3) is 11.8 Å². The van der Waals surface area contributed by atoms with Crippen LogP contribution >= 0.6 is 0 Å². The second-order valence-electron chi connectivity index (χ2n) is 8.58. The quantitative estimate of drug-likeness (QED) is 0.337. The summed E-state index contributed by atoms with van der Waals surface area (Å²) in [6.45, 7) is 4.24. The third-order valence-corrected chi connectivity index (χ3v) is 6.37. The molecule has 2 aliphatic heterocycles. The first-order valence-electron chi connectivity index (χ1n) is 11.0. The average Bonchev–Trinajstić information content (AvgIpc) is 3.34. The van der Waals surface area contributed by atoms with Gasteiger partial charge in [0.1, 0.15) is 5.75 Å². The SMILES string of the molecule is Cc1ccc(N2C[C@@H](C(=O)Oc3ccc(N4C(=O)c5ccccc5C4=O)cc3)CC2=O)cc1C. The number of carbonyl (C=O) groups is 4. The Kier molecular flexibility index (Phi) is 5.24. The lowest BCUT2D eigenvalue weighted by Gasteiger charge is -2.18. The van der Waals surface area contributed by atoms with Crippen LogP contribution in [-0.4, -0.2) is 30.2 Å². The Bertz CT molecular complexity index is 1310. The Morgan fingerprint density at radius 2 is 1.44 bits per heavy atom. The summed E-state index contributed by atoms with van der Waals surface area (Å²) in [5.41, 5.74) is 4.10. The maximum atomic E-state index is 12.7. The van der Waals surface area contributed by atoms with E-state index >= 15 is 0 Å². The molecule has 170 valence electrons. The number of esters is 1. The van der Waals surface area contributed by atoms with Crippen LogP contribution in [0.5, 0.6) is 5.75 Å². The predicted octanol–water partition coefficient (Wildman–Crippen LogP) is 4.06. The molecule has 34 heavy (non-hydrogen) atoms. The van der Waals surface area contributed by atoms with Crippen LogP contribution in [0.3, 0.4) is 0 Å². The number of benzene rings is 3. The van der Waals surface area contributed by atoms with Gasteiger partial charge in [-0.15, -0.1) is 0 Å². The van der Waals surface area contributed by atoms with Crippen molar-refractivity contribution in [3.8, 4) is 5.75 Å². The second-order valence-corrected chi connectivity index (χ2v) is 8.58. The standard InChI is InChI=1S/C27H22N2O5/c1-16-7-8-20(13-17(16)2)28-15-18(14-24(28)30)27(33)34-21-11-9-19(10-12-21)29-25(31)22-5-3-4-6-23(22)26(29)32/h3-13,18H,14-15H2,1-2H3/t18-/m0/s1. The molecule has 0 N–H and O–H groups in total. The molecule has 0 saturated carbocycles. The molecule has 0 spiro atoms. The van der Waals surface area contributed by atoms with Gasteiger partial charge in [0, 0.05) is 18.7 Å². The van der Waals surface area contributed by atoms with Crippen molar-refractivity contribution < 1.29 is 23.9 Å². The lowest BCUT2D eigenvalue weighted by Crippen LogP contribution is -2.29. The molecule has 2 aliphatic rings. The molecule has 0 radical (unpaired) electrons. The van der Waals surface area contributed by atoms with E-state index in [1.54, 1.807) is 41.3 Å². The van der Waals surface area contributed by atoms with Gasteiger partial charge in [-0.2, -0.15) is 0 Å². The van der Waals surface area contributed by atoms with E-state index in [9.17, 15) is 19.2 Å². The summed E-state index contributed by atoms with van der Waals surface area (Å²) < 4.78 is 5.50. The van der Waals surface area contributed by atoms with Crippen molar-refractivity contribution >= 4 is 35.1 Å². The van der Waals surface area contributed by atoms with Crippen molar-refractivity contribution in [2.75, 3.05) is 16.3 Å². The van der Waals surface area contributed by atoms with Gasteiger partial charge in [-0.3, -0.25) is 19.2 Å². The number of imide groups is 1. The van der Waals surface area contributed by atoms with Crippen LogP contribution in [0.25, 0.3) is 0 Å². The molecule has 3 amide bonds. The summed E-state index contributed by atoms with van der Waals surface area (Å²) in [7, 11) is 0. The minimum Gasteiger partial charge on any atom is -0.426 e. The van der Waals surface area contributed by atoms with Crippen molar-refractivity contribution in [1.29, 1.82) is 0 Å². The summed E-state index contributed by atoms with van der Waals surface area (Å²) in [5, 5.41) is 0. The lowest BCUT2D eigenvalue weighted by atomic mass is 10.1. The highest BCUT2D eigenvalue weighted by Crippen LogP contribution is 2.31. The molecule has 1 atom stereocenters. The zero-order valence-electron chi connectivity index (χ0n) is 18.8. The lowest BCUT2D eigenvalue weighted by molar-refractivity contribution is -0.139. The minimum absolute atomic E-state index is 0.0822. The molecule has 7 heteroatoms. The van der Waals surface area contributed by atoms with E-state index in [0.29, 0.717) is 16.8 Å². The van der Waals surface area contributed by atoms with E-state index in [0.717, 1.165) is 21.7 Å². The first kappa shape index (κ1) is 21.6. The molecule has 7 nitrogen and oxygen atoms in total. The van der Waals surface area contributed by atoms with Crippen LogP contribution in [0.1, 0.15) is 38.3 Å². The topological polar surface area (TPSA) is 84.0 Å². The first-order valence-corrected chi connectivity index (χ1v) is 11.0. The van der Waals surface area contributed by atoms with Crippen LogP contribution in [0.2, 0.25) is 0 Å². The van der Waals surface area contributed by atoms with Gasteiger partial charge < -0.3 is 9.64 Å². The number of ether oxygens (including phenoxy) is 1. The largest absolute Gasteiger partial charge is 0.426 e. The molecule has 3 aromatic rings. The van der Waals surface area contributed by atoms with Crippen molar-refractivity contribution in [2.24, 2.45) is 5.92 Å². The predicted molar refractivity (Wildman–Crippen MR) is 126 cm³/mol. The van der Waals surface area contributed by atoms with Crippen LogP contribution in [-0.2, 0) is 9.59 Å². The average molecular weight is 454 g/mol. The molecule has 3 aromatic carbocycles. The van der Waals surface area contributed by atoms with Crippen LogP contribution in [0.4, 0.5) is 11.4 Å². The van der Waals surface area contributed by atoms with Crippen molar-refractivity contribution in [2.45, 2.75) is 20.3 Å². The fourth-order valence-corrected chi connectivity index (χ4v) is 4.29. The smallest absolute Gasteiger partial charge is 0.316 e. The van der Waals surface area contributed by atoms with E-state index < -0.39 is 11.9 Å². The summed E-state index contributed by atoms with van der Waals surface area (Å²) in [6, 6.07) is 18.6. The Hall–Kier alpha value is -4.26. The molecular formula is C27H22N2O5. The summed E-state index contributed by atoms with van der Waals surface area (Å²) >= 11 is 0. The third-order valence-electron chi connectivity index (χ3n) is 6.37. The number of amides is 3. The van der Waals surface area contributed by atoms with Crippen molar-refractivity contribution in [3.05, 3.63) is 89.0 Å². The fraction of sp³-hybridized carbons (Fsp3) is 0.185. The maximum absolute atomic E-state index is 12.7. The number of nitrogens with zero attached hydrogens (tertiary/aromatic N) is 2. The van der Waals surface area contributed by atoms with Gasteiger partial charge in [-0.1, -0.05) is 18.2 Å². The highest BCUT2D eigenvalue weighted by Gasteiger charge is 2.37. The highest BCUT2D eigenvalue weighted by molar-refractivity contribution is 6.34. The Morgan fingerprint density at radius 1 is 0.824 bits per heavy atom. The maximum Gasteiger partial charge on any atom is 0.316 e. The number of aryl methyl sites for hydroxylation is 2. The van der Waals surface area contributed by atoms with Gasteiger partial charge in [-0.25, -0.2) is 4.90 Å². The van der Waals surface area contributed by atoms with E-state index in [-0.39, 0.29) is 36.4 Å².